The van der Waals surface area contributed by atoms with E-state index in [2.05, 4.69) is 22.6 Å². The predicted octanol–water partition coefficient (Wildman–Crippen LogP) is 5.70. The third-order valence-corrected chi connectivity index (χ3v) is 6.78. The van der Waals surface area contributed by atoms with Crippen molar-refractivity contribution in [1.29, 1.82) is 0 Å². The van der Waals surface area contributed by atoms with Crippen molar-refractivity contribution in [3.05, 3.63) is 102 Å². The van der Waals surface area contributed by atoms with Crippen LogP contribution in [-0.2, 0) is 17.8 Å². The largest absolute Gasteiger partial charge is 0.481 e. The van der Waals surface area contributed by atoms with Crippen LogP contribution in [0.4, 0.5) is 0 Å². The van der Waals surface area contributed by atoms with Crippen molar-refractivity contribution in [2.45, 2.75) is 18.9 Å². The summed E-state index contributed by atoms with van der Waals surface area (Å²) < 4.78 is 2.83. The van der Waals surface area contributed by atoms with Gasteiger partial charge in [0.25, 0.3) is 5.56 Å². The number of halogens is 2. The number of hydrogen-bond donors (Lipinski definition) is 1. The van der Waals surface area contributed by atoms with Crippen molar-refractivity contribution in [2.24, 2.45) is 0 Å². The molecule has 2 heterocycles. The first kappa shape index (κ1) is 20.3. The number of benzene rings is 3. The smallest absolute Gasteiger partial charge is 0.315 e. The van der Waals surface area contributed by atoms with Crippen LogP contribution in [0.15, 0.2) is 71.5 Å². The van der Waals surface area contributed by atoms with Gasteiger partial charge in [-0.1, -0.05) is 41.9 Å². The summed E-state index contributed by atoms with van der Waals surface area (Å²) in [4.78, 5) is 25.1. The number of aliphatic carboxylic acids is 1. The van der Waals surface area contributed by atoms with Gasteiger partial charge in [0, 0.05) is 26.6 Å². The molecule has 0 amide bonds. The van der Waals surface area contributed by atoms with E-state index in [9.17, 15) is 14.7 Å². The Morgan fingerprint density at radius 2 is 1.81 bits per heavy atom. The van der Waals surface area contributed by atoms with Crippen LogP contribution in [0.2, 0.25) is 5.02 Å². The van der Waals surface area contributed by atoms with Crippen LogP contribution >= 0.6 is 34.2 Å². The highest BCUT2D eigenvalue weighted by Crippen LogP contribution is 2.37. The van der Waals surface area contributed by atoms with E-state index in [1.807, 2.05) is 54.6 Å². The fourth-order valence-electron chi connectivity index (χ4n) is 4.47. The van der Waals surface area contributed by atoms with E-state index in [0.29, 0.717) is 23.6 Å². The molecule has 0 spiro atoms. The zero-order valence-corrected chi connectivity index (χ0v) is 19.2. The monoisotopic (exact) mass is 541 g/mol. The van der Waals surface area contributed by atoms with Crippen LogP contribution in [0.5, 0.6) is 0 Å². The summed E-state index contributed by atoms with van der Waals surface area (Å²) in [5, 5.41) is 11.6. The van der Waals surface area contributed by atoms with Gasteiger partial charge in [0.1, 0.15) is 5.92 Å². The molecule has 0 aliphatic carbocycles. The highest BCUT2D eigenvalue weighted by molar-refractivity contribution is 14.1. The van der Waals surface area contributed by atoms with E-state index < -0.39 is 11.9 Å². The van der Waals surface area contributed by atoms with Crippen molar-refractivity contribution in [1.82, 2.24) is 4.57 Å². The molecule has 0 saturated heterocycles. The van der Waals surface area contributed by atoms with Crippen molar-refractivity contribution in [2.75, 3.05) is 0 Å². The minimum atomic E-state index is -0.900. The minimum Gasteiger partial charge on any atom is -0.481 e. The Morgan fingerprint density at radius 1 is 1.03 bits per heavy atom. The molecular weight excluding hydrogens is 525 g/mol. The molecule has 31 heavy (non-hydrogen) atoms. The lowest BCUT2D eigenvalue weighted by atomic mass is 9.88. The molecular formula is C25H17ClINO3. The van der Waals surface area contributed by atoms with E-state index >= 15 is 0 Å². The molecule has 5 rings (SSSR count). The Kier molecular flexibility index (Phi) is 5.10. The minimum absolute atomic E-state index is 0.0543. The zero-order chi connectivity index (χ0) is 21.7. The quantitative estimate of drug-likeness (QED) is 0.337. The first-order valence-electron chi connectivity index (χ1n) is 9.87. The second kappa shape index (κ2) is 7.80. The molecule has 0 radical (unpaired) electrons. The number of hydrogen-bond acceptors (Lipinski definition) is 2. The fourth-order valence-corrected chi connectivity index (χ4v) is 5.02. The fraction of sp³-hybridized carbons (Fsp3) is 0.120. The summed E-state index contributed by atoms with van der Waals surface area (Å²) in [6.07, 6.45) is 0.706. The zero-order valence-electron chi connectivity index (χ0n) is 16.3. The Morgan fingerprint density at radius 3 is 2.52 bits per heavy atom. The average Bonchev–Trinajstić information content (AvgIpc) is 3.17. The van der Waals surface area contributed by atoms with Gasteiger partial charge in [-0.25, -0.2) is 0 Å². The van der Waals surface area contributed by atoms with Gasteiger partial charge in [-0.3, -0.25) is 9.59 Å². The lowest BCUT2D eigenvalue weighted by molar-refractivity contribution is -0.137. The Balaban J connectivity index is 1.80. The van der Waals surface area contributed by atoms with E-state index in [1.165, 1.54) is 0 Å². The van der Waals surface area contributed by atoms with Gasteiger partial charge in [0.05, 0.1) is 5.52 Å². The molecule has 0 saturated carbocycles. The molecule has 0 bridgehead atoms. The number of pyridine rings is 1. The number of aryl methyl sites for hydroxylation is 2. The summed E-state index contributed by atoms with van der Waals surface area (Å²) in [6.45, 7) is 0.602. The Bertz CT molecular complexity index is 1410. The molecule has 1 unspecified atom stereocenters. The lowest BCUT2D eigenvalue weighted by Gasteiger charge is -2.17. The Hall–Kier alpha value is -2.64. The normalized spacial score (nSPS) is 13.5. The highest BCUT2D eigenvalue weighted by Gasteiger charge is 2.26. The summed E-state index contributed by atoms with van der Waals surface area (Å²) in [6, 6.07) is 20.5. The van der Waals surface area contributed by atoms with Crippen LogP contribution in [0, 0.1) is 3.57 Å². The van der Waals surface area contributed by atoms with Gasteiger partial charge in [0.15, 0.2) is 0 Å². The van der Waals surface area contributed by atoms with Crippen molar-refractivity contribution in [3.8, 4) is 11.1 Å². The molecule has 1 aromatic heterocycles. The molecule has 1 N–H and O–H groups in total. The number of carboxylic acid groups (broad SMARTS) is 1. The van der Waals surface area contributed by atoms with Crippen LogP contribution in [0.1, 0.15) is 22.6 Å². The molecule has 154 valence electrons. The van der Waals surface area contributed by atoms with Gasteiger partial charge >= 0.3 is 5.97 Å². The molecule has 3 aromatic carbocycles. The standard InChI is InChI=1S/C25H17ClINO3/c26-18-3-1-2-15(11-18)20-13-22(29)28-9-8-16-10-17(12-21(20)24(16)28)23(25(30)31)14-4-6-19(27)7-5-14/h1-7,10-13,23H,8-9H2,(H,30,31). The summed E-state index contributed by atoms with van der Waals surface area (Å²) in [5.41, 5.74) is 4.90. The average molecular weight is 542 g/mol. The summed E-state index contributed by atoms with van der Waals surface area (Å²) in [5.74, 6) is -1.69. The van der Waals surface area contributed by atoms with Gasteiger partial charge in [-0.2, -0.15) is 0 Å². The van der Waals surface area contributed by atoms with E-state index in [0.717, 1.165) is 36.7 Å². The third-order valence-electron chi connectivity index (χ3n) is 5.83. The van der Waals surface area contributed by atoms with Crippen molar-refractivity contribution < 1.29 is 9.90 Å². The van der Waals surface area contributed by atoms with E-state index in [1.54, 1.807) is 16.7 Å². The number of aromatic nitrogens is 1. The number of nitrogens with zero attached hydrogens (tertiary/aromatic N) is 1. The first-order valence-corrected chi connectivity index (χ1v) is 11.3. The SMILES string of the molecule is O=C(O)C(c1ccc(I)cc1)c1cc2c3c(c1)c(-c1cccc(Cl)c1)cc(=O)n3CC2. The number of carboxylic acids is 1. The molecule has 1 atom stereocenters. The summed E-state index contributed by atoms with van der Waals surface area (Å²) >= 11 is 8.42. The number of carbonyl (C=O) groups is 1. The van der Waals surface area contributed by atoms with Gasteiger partial charge in [-0.05, 0) is 87.2 Å². The maximum absolute atomic E-state index is 12.8. The summed E-state index contributed by atoms with van der Waals surface area (Å²) in [7, 11) is 0. The first-order chi connectivity index (χ1) is 14.9. The molecule has 6 heteroatoms. The maximum atomic E-state index is 12.8. The van der Waals surface area contributed by atoms with Crippen LogP contribution < -0.4 is 5.56 Å². The molecule has 4 aromatic rings. The highest BCUT2D eigenvalue weighted by atomic mass is 127. The molecule has 1 aliphatic rings. The molecule has 0 fully saturated rings. The molecule has 4 nitrogen and oxygen atoms in total. The van der Waals surface area contributed by atoms with Crippen molar-refractivity contribution in [3.63, 3.8) is 0 Å². The maximum Gasteiger partial charge on any atom is 0.315 e. The predicted molar refractivity (Wildman–Crippen MR) is 131 cm³/mol. The van der Waals surface area contributed by atoms with Crippen LogP contribution in [-0.4, -0.2) is 15.6 Å². The number of rotatable bonds is 4. The third kappa shape index (κ3) is 3.55. The van der Waals surface area contributed by atoms with Crippen LogP contribution in [0.25, 0.3) is 22.0 Å². The molecule has 1 aliphatic heterocycles. The Labute approximate surface area is 197 Å². The van der Waals surface area contributed by atoms with Gasteiger partial charge in [0.2, 0.25) is 0 Å². The van der Waals surface area contributed by atoms with Gasteiger partial charge in [-0.15, -0.1) is 0 Å². The second-order valence-corrected chi connectivity index (χ2v) is 9.39. The lowest BCUT2D eigenvalue weighted by Crippen LogP contribution is -2.18. The van der Waals surface area contributed by atoms with E-state index in [-0.39, 0.29) is 5.56 Å². The van der Waals surface area contributed by atoms with E-state index in [4.69, 9.17) is 11.6 Å². The van der Waals surface area contributed by atoms with Gasteiger partial charge < -0.3 is 9.67 Å². The van der Waals surface area contributed by atoms with Crippen molar-refractivity contribution >= 4 is 51.1 Å². The van der Waals surface area contributed by atoms with Crippen LogP contribution in [0.3, 0.4) is 0 Å². The second-order valence-electron chi connectivity index (χ2n) is 7.71. The topological polar surface area (TPSA) is 59.3 Å².